The smallest absolute Gasteiger partial charge is 0.259 e. The zero-order valence-corrected chi connectivity index (χ0v) is 11.6. The van der Waals surface area contributed by atoms with E-state index in [1.54, 1.807) is 13.8 Å². The van der Waals surface area contributed by atoms with Crippen LogP contribution in [0, 0.1) is 13.8 Å². The maximum absolute atomic E-state index is 12.4. The second kappa shape index (κ2) is 6.20. The van der Waals surface area contributed by atoms with E-state index < -0.39 is 0 Å². The van der Waals surface area contributed by atoms with Gasteiger partial charge < -0.3 is 15.2 Å². The van der Waals surface area contributed by atoms with Crippen molar-refractivity contribution >= 4 is 18.3 Å². The minimum Gasteiger partial charge on any atom is -0.361 e. The number of hydrogen-bond acceptors (Lipinski definition) is 4. The van der Waals surface area contributed by atoms with Crippen LogP contribution in [0.15, 0.2) is 4.52 Å². The first-order chi connectivity index (χ1) is 8.15. The molecule has 102 valence electrons. The normalized spacial score (nSPS) is 19.5. The Hall–Kier alpha value is -1.07. The average molecular weight is 274 g/mol. The molecule has 1 aliphatic rings. The molecule has 2 rings (SSSR count). The largest absolute Gasteiger partial charge is 0.361 e. The number of carbonyl (C=O) groups is 1. The van der Waals surface area contributed by atoms with E-state index in [1.807, 2.05) is 4.90 Å². The highest BCUT2D eigenvalue weighted by Gasteiger charge is 2.29. The van der Waals surface area contributed by atoms with Crippen LogP contribution in [-0.2, 0) is 0 Å². The van der Waals surface area contributed by atoms with Crippen molar-refractivity contribution in [2.24, 2.45) is 5.73 Å². The van der Waals surface area contributed by atoms with Crippen molar-refractivity contribution < 1.29 is 9.32 Å². The Morgan fingerprint density at radius 2 is 2.22 bits per heavy atom. The maximum atomic E-state index is 12.4. The molecular weight excluding hydrogens is 254 g/mol. The summed E-state index contributed by atoms with van der Waals surface area (Å²) < 4.78 is 5.05. The summed E-state index contributed by atoms with van der Waals surface area (Å²) in [6.45, 7) is 4.87. The molecule has 2 N–H and O–H groups in total. The first-order valence-electron chi connectivity index (χ1n) is 6.09. The third-order valence-electron chi connectivity index (χ3n) is 3.41. The zero-order chi connectivity index (χ0) is 12.4. The fourth-order valence-corrected chi connectivity index (χ4v) is 2.44. The van der Waals surface area contributed by atoms with Crippen LogP contribution in [-0.4, -0.2) is 35.1 Å². The van der Waals surface area contributed by atoms with Crippen LogP contribution < -0.4 is 5.73 Å². The summed E-state index contributed by atoms with van der Waals surface area (Å²) >= 11 is 0. The van der Waals surface area contributed by atoms with E-state index in [0.29, 0.717) is 23.6 Å². The van der Waals surface area contributed by atoms with Gasteiger partial charge in [0.1, 0.15) is 11.3 Å². The molecule has 2 heterocycles. The van der Waals surface area contributed by atoms with Crippen molar-refractivity contribution in [3.63, 3.8) is 0 Å². The summed E-state index contributed by atoms with van der Waals surface area (Å²) in [7, 11) is 0. The third-order valence-corrected chi connectivity index (χ3v) is 3.41. The Labute approximate surface area is 113 Å². The van der Waals surface area contributed by atoms with Gasteiger partial charge in [0.15, 0.2) is 0 Å². The number of nitrogens with two attached hydrogens (primary N) is 1. The second-order valence-corrected chi connectivity index (χ2v) is 4.58. The van der Waals surface area contributed by atoms with E-state index >= 15 is 0 Å². The molecule has 1 atom stereocenters. The number of hydrogen-bond donors (Lipinski definition) is 1. The van der Waals surface area contributed by atoms with Gasteiger partial charge in [-0.15, -0.1) is 12.4 Å². The van der Waals surface area contributed by atoms with Crippen molar-refractivity contribution in [1.29, 1.82) is 0 Å². The van der Waals surface area contributed by atoms with Gasteiger partial charge in [-0.1, -0.05) is 5.16 Å². The van der Waals surface area contributed by atoms with E-state index in [-0.39, 0.29) is 24.4 Å². The lowest BCUT2D eigenvalue weighted by Crippen LogP contribution is -2.47. The number of rotatable bonds is 2. The Morgan fingerprint density at radius 3 is 2.78 bits per heavy atom. The fraction of sp³-hybridized carbons (Fsp3) is 0.667. The minimum absolute atomic E-state index is 0. The van der Waals surface area contributed by atoms with Gasteiger partial charge in [0.05, 0.1) is 5.69 Å². The molecule has 0 spiro atoms. The molecule has 1 fully saturated rings. The molecule has 6 heteroatoms. The highest BCUT2D eigenvalue weighted by atomic mass is 35.5. The number of carbonyl (C=O) groups excluding carboxylic acids is 1. The average Bonchev–Trinajstić information content (AvgIpc) is 2.68. The molecule has 0 bridgehead atoms. The summed E-state index contributed by atoms with van der Waals surface area (Å²) in [4.78, 5) is 14.3. The van der Waals surface area contributed by atoms with Gasteiger partial charge in [-0.3, -0.25) is 4.79 Å². The number of piperidine rings is 1. The van der Waals surface area contributed by atoms with Gasteiger partial charge in [-0.25, -0.2) is 0 Å². The lowest BCUT2D eigenvalue weighted by Gasteiger charge is -2.35. The monoisotopic (exact) mass is 273 g/mol. The standard InChI is InChI=1S/C12H19N3O2.ClH/c1-8-11(9(2)17-14-8)12(16)15-6-4-3-5-10(15)7-13;/h10H,3-7,13H2,1-2H3;1H. The van der Waals surface area contributed by atoms with Gasteiger partial charge in [0.2, 0.25) is 0 Å². The van der Waals surface area contributed by atoms with Crippen LogP contribution in [0.1, 0.15) is 41.1 Å². The molecule has 5 nitrogen and oxygen atoms in total. The summed E-state index contributed by atoms with van der Waals surface area (Å²) in [5, 5.41) is 3.83. The van der Waals surface area contributed by atoms with Gasteiger partial charge in [0, 0.05) is 19.1 Å². The maximum Gasteiger partial charge on any atom is 0.259 e. The predicted molar refractivity (Wildman–Crippen MR) is 71.0 cm³/mol. The minimum atomic E-state index is 0. The van der Waals surface area contributed by atoms with Gasteiger partial charge >= 0.3 is 0 Å². The van der Waals surface area contributed by atoms with E-state index in [4.69, 9.17) is 10.3 Å². The van der Waals surface area contributed by atoms with E-state index in [9.17, 15) is 4.79 Å². The molecule has 1 unspecified atom stereocenters. The SMILES string of the molecule is Cc1noc(C)c1C(=O)N1CCCCC1CN.Cl. The topological polar surface area (TPSA) is 72.4 Å². The molecule has 1 amide bonds. The number of aryl methyl sites for hydroxylation is 2. The number of likely N-dealkylation sites (tertiary alicyclic amines) is 1. The molecule has 1 aromatic heterocycles. The lowest BCUT2D eigenvalue weighted by molar-refractivity contribution is 0.0621. The molecular formula is C12H20ClN3O2. The van der Waals surface area contributed by atoms with E-state index in [0.717, 1.165) is 25.8 Å². The van der Waals surface area contributed by atoms with Crippen molar-refractivity contribution in [1.82, 2.24) is 10.1 Å². The van der Waals surface area contributed by atoms with E-state index in [1.165, 1.54) is 0 Å². The molecule has 18 heavy (non-hydrogen) atoms. The third kappa shape index (κ3) is 2.67. The van der Waals surface area contributed by atoms with Crippen molar-refractivity contribution in [2.45, 2.75) is 39.2 Å². The van der Waals surface area contributed by atoms with Crippen LogP contribution in [0.5, 0.6) is 0 Å². The molecule has 0 saturated carbocycles. The summed E-state index contributed by atoms with van der Waals surface area (Å²) in [6, 6.07) is 0.157. The number of amides is 1. The van der Waals surface area contributed by atoms with Gasteiger partial charge in [0.25, 0.3) is 5.91 Å². The van der Waals surface area contributed by atoms with Crippen LogP contribution in [0.25, 0.3) is 0 Å². The molecule has 0 aromatic carbocycles. The lowest BCUT2D eigenvalue weighted by atomic mass is 10.0. The molecule has 0 radical (unpaired) electrons. The Bertz CT molecular complexity index is 400. The Kier molecular flexibility index (Phi) is 5.16. The summed E-state index contributed by atoms with van der Waals surface area (Å²) in [5.41, 5.74) is 6.99. The molecule has 1 aliphatic heterocycles. The highest BCUT2D eigenvalue weighted by molar-refractivity contribution is 5.96. The Balaban J connectivity index is 0.00000162. The zero-order valence-electron chi connectivity index (χ0n) is 10.8. The van der Waals surface area contributed by atoms with Crippen molar-refractivity contribution in [3.8, 4) is 0 Å². The summed E-state index contributed by atoms with van der Waals surface area (Å²) in [6.07, 6.45) is 3.18. The molecule has 0 aliphatic carbocycles. The highest BCUT2D eigenvalue weighted by Crippen LogP contribution is 2.22. The summed E-state index contributed by atoms with van der Waals surface area (Å²) in [5.74, 6) is 0.602. The van der Waals surface area contributed by atoms with Gasteiger partial charge in [-0.2, -0.15) is 0 Å². The van der Waals surface area contributed by atoms with Crippen LogP contribution in [0.4, 0.5) is 0 Å². The van der Waals surface area contributed by atoms with Crippen LogP contribution in [0.2, 0.25) is 0 Å². The number of halogens is 1. The molecule has 1 aromatic rings. The van der Waals surface area contributed by atoms with E-state index in [2.05, 4.69) is 5.16 Å². The van der Waals surface area contributed by atoms with Crippen molar-refractivity contribution in [2.75, 3.05) is 13.1 Å². The number of aromatic nitrogens is 1. The second-order valence-electron chi connectivity index (χ2n) is 4.58. The Morgan fingerprint density at radius 1 is 1.50 bits per heavy atom. The van der Waals surface area contributed by atoms with Crippen LogP contribution >= 0.6 is 12.4 Å². The first kappa shape index (κ1) is 15.0. The predicted octanol–water partition coefficient (Wildman–Crippen LogP) is 1.67. The number of nitrogens with zero attached hydrogens (tertiary/aromatic N) is 2. The van der Waals surface area contributed by atoms with Gasteiger partial charge in [-0.05, 0) is 33.1 Å². The quantitative estimate of drug-likeness (QED) is 0.890. The van der Waals surface area contributed by atoms with Crippen LogP contribution in [0.3, 0.4) is 0 Å². The first-order valence-corrected chi connectivity index (χ1v) is 6.09. The molecule has 1 saturated heterocycles. The fourth-order valence-electron chi connectivity index (χ4n) is 2.44. The van der Waals surface area contributed by atoms with Crippen molar-refractivity contribution in [3.05, 3.63) is 17.0 Å².